The van der Waals surface area contributed by atoms with E-state index in [0.717, 1.165) is 141 Å². The van der Waals surface area contributed by atoms with E-state index in [0.29, 0.717) is 0 Å². The summed E-state index contributed by atoms with van der Waals surface area (Å²) in [5.41, 5.74) is 5.58. The second-order valence-electron chi connectivity index (χ2n) is 11.5. The van der Waals surface area contributed by atoms with Crippen LogP contribution in [-0.4, -0.2) is 135 Å². The Labute approximate surface area is 262 Å². The molecule has 3 aromatic rings. The van der Waals surface area contributed by atoms with Crippen molar-refractivity contribution in [1.29, 1.82) is 0 Å². The summed E-state index contributed by atoms with van der Waals surface area (Å²) in [4.78, 5) is 14.4. The van der Waals surface area contributed by atoms with Gasteiger partial charge in [-0.25, -0.2) is 0 Å². The molecule has 0 saturated carbocycles. The van der Waals surface area contributed by atoms with Gasteiger partial charge in [-0.1, -0.05) is 12.1 Å². The standard InChI is InChI=1S/C32H50N12/c1-3-29(39-23-27(1)25-43-19-15-35-11-7-33-8-12-36-16-20-43)31-5-6-32(42-41-31)30-4-2-28(24-40-30)26-44-21-17-37-13-9-34-10-14-38-18-22-44/h1-6,23-24,33-38H,7-22,25-26H2. The molecule has 0 aliphatic carbocycles. The summed E-state index contributed by atoms with van der Waals surface area (Å²) in [5.74, 6) is 0. The molecule has 0 amide bonds. The third-order valence-corrected chi connectivity index (χ3v) is 7.98. The van der Waals surface area contributed by atoms with Crippen LogP contribution in [0, 0.1) is 0 Å². The normalized spacial score (nSPS) is 19.6. The first kappa shape index (κ1) is 32.5. The Hall–Kier alpha value is -2.94. The third kappa shape index (κ3) is 11.2. The quantitative estimate of drug-likeness (QED) is 0.223. The van der Waals surface area contributed by atoms with Crippen LogP contribution in [0.2, 0.25) is 0 Å². The summed E-state index contributed by atoms with van der Waals surface area (Å²) in [7, 11) is 0. The van der Waals surface area contributed by atoms with Gasteiger partial charge in [0.1, 0.15) is 11.4 Å². The van der Waals surface area contributed by atoms with Crippen molar-refractivity contribution in [1.82, 2.24) is 61.9 Å². The number of nitrogens with one attached hydrogen (secondary N) is 6. The smallest absolute Gasteiger partial charge is 0.111 e. The molecule has 238 valence electrons. The van der Waals surface area contributed by atoms with E-state index in [1.165, 1.54) is 11.1 Å². The topological polar surface area (TPSA) is 130 Å². The highest BCUT2D eigenvalue weighted by Gasteiger charge is 2.11. The lowest BCUT2D eigenvalue weighted by atomic mass is 10.1. The number of hydrogen-bond donors (Lipinski definition) is 6. The fraction of sp³-hybridized carbons (Fsp3) is 0.562. The van der Waals surface area contributed by atoms with E-state index < -0.39 is 0 Å². The van der Waals surface area contributed by atoms with Gasteiger partial charge in [0.15, 0.2) is 0 Å². The van der Waals surface area contributed by atoms with Crippen LogP contribution in [0.4, 0.5) is 0 Å². The van der Waals surface area contributed by atoms with E-state index in [2.05, 4.69) is 64.0 Å². The molecule has 0 aromatic carbocycles. The summed E-state index contributed by atoms with van der Waals surface area (Å²) < 4.78 is 0. The second-order valence-corrected chi connectivity index (χ2v) is 11.5. The molecular weight excluding hydrogens is 552 g/mol. The zero-order valence-corrected chi connectivity index (χ0v) is 26.0. The monoisotopic (exact) mass is 602 g/mol. The van der Waals surface area contributed by atoms with Crippen LogP contribution >= 0.6 is 0 Å². The van der Waals surface area contributed by atoms with Gasteiger partial charge in [-0.3, -0.25) is 19.8 Å². The third-order valence-electron chi connectivity index (χ3n) is 7.98. The lowest BCUT2D eigenvalue weighted by molar-refractivity contribution is 0.263. The Morgan fingerprint density at radius 3 is 1.02 bits per heavy atom. The first-order valence-electron chi connectivity index (χ1n) is 16.3. The minimum atomic E-state index is 0.763. The lowest BCUT2D eigenvalue weighted by Gasteiger charge is -2.23. The molecule has 2 aliphatic rings. The highest BCUT2D eigenvalue weighted by Crippen LogP contribution is 2.19. The van der Waals surface area contributed by atoms with Crippen LogP contribution in [0.5, 0.6) is 0 Å². The van der Waals surface area contributed by atoms with Crippen molar-refractivity contribution < 1.29 is 0 Å². The van der Waals surface area contributed by atoms with Crippen molar-refractivity contribution >= 4 is 0 Å². The maximum Gasteiger partial charge on any atom is 0.111 e. The minimum Gasteiger partial charge on any atom is -0.314 e. The van der Waals surface area contributed by atoms with Crippen molar-refractivity contribution in [3.05, 3.63) is 59.9 Å². The maximum atomic E-state index is 4.72. The molecule has 2 aliphatic heterocycles. The predicted molar refractivity (Wildman–Crippen MR) is 176 cm³/mol. The summed E-state index contributed by atoms with van der Waals surface area (Å²) >= 11 is 0. The van der Waals surface area contributed by atoms with Crippen LogP contribution in [0.1, 0.15) is 11.1 Å². The molecule has 5 heterocycles. The zero-order chi connectivity index (χ0) is 30.1. The first-order valence-corrected chi connectivity index (χ1v) is 16.3. The van der Waals surface area contributed by atoms with Crippen molar-refractivity contribution in [2.45, 2.75) is 13.1 Å². The summed E-state index contributed by atoms with van der Waals surface area (Å²) in [6.07, 6.45) is 3.93. The Morgan fingerprint density at radius 2 is 0.727 bits per heavy atom. The molecule has 0 radical (unpaired) electrons. The minimum absolute atomic E-state index is 0.763. The van der Waals surface area contributed by atoms with Gasteiger partial charge in [0.05, 0.1) is 11.4 Å². The van der Waals surface area contributed by atoms with Crippen molar-refractivity contribution in [2.75, 3.05) is 105 Å². The van der Waals surface area contributed by atoms with Crippen molar-refractivity contribution in [3.63, 3.8) is 0 Å². The summed E-state index contributed by atoms with van der Waals surface area (Å²) in [6.45, 7) is 17.8. The number of hydrogen-bond acceptors (Lipinski definition) is 12. The van der Waals surface area contributed by atoms with Crippen molar-refractivity contribution in [3.8, 4) is 22.8 Å². The van der Waals surface area contributed by atoms with Gasteiger partial charge in [-0.05, 0) is 35.4 Å². The molecule has 5 rings (SSSR count). The van der Waals surface area contributed by atoms with E-state index in [9.17, 15) is 0 Å². The molecule has 0 bridgehead atoms. The van der Waals surface area contributed by atoms with Crippen LogP contribution in [-0.2, 0) is 13.1 Å². The number of rotatable bonds is 6. The van der Waals surface area contributed by atoms with Gasteiger partial charge in [0.25, 0.3) is 0 Å². The fourth-order valence-corrected chi connectivity index (χ4v) is 5.41. The van der Waals surface area contributed by atoms with E-state index in [-0.39, 0.29) is 0 Å². The molecule has 3 aromatic heterocycles. The molecule has 6 N–H and O–H groups in total. The van der Waals surface area contributed by atoms with Crippen LogP contribution in [0.25, 0.3) is 22.8 Å². The molecule has 0 atom stereocenters. The zero-order valence-electron chi connectivity index (χ0n) is 26.0. The largest absolute Gasteiger partial charge is 0.314 e. The molecular formula is C32H50N12. The maximum absolute atomic E-state index is 4.72. The van der Waals surface area contributed by atoms with Crippen LogP contribution in [0.3, 0.4) is 0 Å². The Kier molecular flexibility index (Phi) is 13.8. The Bertz CT molecular complexity index is 1070. The van der Waals surface area contributed by atoms with Gasteiger partial charge in [0.2, 0.25) is 0 Å². The Balaban J connectivity index is 1.13. The fourth-order valence-electron chi connectivity index (χ4n) is 5.41. The van der Waals surface area contributed by atoms with Gasteiger partial charge in [-0.2, -0.15) is 0 Å². The molecule has 0 spiro atoms. The van der Waals surface area contributed by atoms with E-state index in [1.807, 2.05) is 36.7 Å². The molecule has 44 heavy (non-hydrogen) atoms. The van der Waals surface area contributed by atoms with E-state index in [4.69, 9.17) is 9.97 Å². The average Bonchev–Trinajstić information content (AvgIpc) is 3.04. The Morgan fingerprint density at radius 1 is 0.409 bits per heavy atom. The molecule has 12 nitrogen and oxygen atoms in total. The molecule has 2 fully saturated rings. The number of nitrogens with zero attached hydrogens (tertiary/aromatic N) is 6. The highest BCUT2D eigenvalue weighted by molar-refractivity contribution is 5.59. The summed E-state index contributed by atoms with van der Waals surface area (Å²) in [5, 5.41) is 30.0. The molecule has 2 saturated heterocycles. The molecule has 12 heteroatoms. The lowest BCUT2D eigenvalue weighted by Crippen LogP contribution is -2.41. The SMILES string of the molecule is c1cc(-c2ccc(-c3ccc(CN4CCNCCNCCNCC4)cn3)nn2)ncc1CN1CCNCCNCCNCC1. The van der Waals surface area contributed by atoms with E-state index in [1.54, 1.807) is 0 Å². The van der Waals surface area contributed by atoms with E-state index >= 15 is 0 Å². The molecule has 0 unspecified atom stereocenters. The van der Waals surface area contributed by atoms with Crippen LogP contribution in [0.15, 0.2) is 48.8 Å². The number of pyridine rings is 2. The highest BCUT2D eigenvalue weighted by atomic mass is 15.2. The van der Waals surface area contributed by atoms with Gasteiger partial charge < -0.3 is 31.9 Å². The van der Waals surface area contributed by atoms with Gasteiger partial charge >= 0.3 is 0 Å². The van der Waals surface area contributed by atoms with Crippen LogP contribution < -0.4 is 31.9 Å². The second kappa shape index (κ2) is 18.8. The first-order chi connectivity index (χ1) is 21.8. The summed E-state index contributed by atoms with van der Waals surface area (Å²) in [6, 6.07) is 12.4. The number of aromatic nitrogens is 4. The average molecular weight is 603 g/mol. The van der Waals surface area contributed by atoms with Gasteiger partial charge in [-0.15, -0.1) is 10.2 Å². The predicted octanol–water partition coefficient (Wildman–Crippen LogP) is -0.231. The van der Waals surface area contributed by atoms with Crippen molar-refractivity contribution in [2.24, 2.45) is 0 Å². The van der Waals surface area contributed by atoms with Gasteiger partial charge in [0, 0.05) is 130 Å².